The van der Waals surface area contributed by atoms with Gasteiger partial charge in [0.05, 0.1) is 12.4 Å². The molecular weight excluding hydrogens is 272 g/mol. The van der Waals surface area contributed by atoms with Crippen LogP contribution in [0.4, 0.5) is 0 Å². The highest BCUT2D eigenvalue weighted by Gasteiger charge is 2.04. The van der Waals surface area contributed by atoms with Crippen molar-refractivity contribution in [2.75, 3.05) is 12.4 Å². The molecule has 0 aliphatic heterocycles. The molecule has 3 nitrogen and oxygen atoms in total. The number of aryl methyl sites for hydroxylation is 1. The van der Waals surface area contributed by atoms with E-state index in [1.165, 1.54) is 5.56 Å². The SMILES string of the molecule is CCCc1ccc(OCCCCS(=O)(=O)Cl)cc1. The standard InChI is InChI=1S/C13H19ClO3S/c1-2-5-12-6-8-13(9-7-12)17-10-3-4-11-18(14,15)16/h6-9H,2-5,10-11H2,1H3. The summed E-state index contributed by atoms with van der Waals surface area (Å²) in [5.41, 5.74) is 1.30. The third-order valence-electron chi connectivity index (χ3n) is 2.51. The van der Waals surface area contributed by atoms with E-state index in [1.807, 2.05) is 12.1 Å². The molecule has 1 rings (SSSR count). The Labute approximate surface area is 114 Å². The van der Waals surface area contributed by atoms with Crippen molar-refractivity contribution in [1.29, 1.82) is 0 Å². The van der Waals surface area contributed by atoms with E-state index in [4.69, 9.17) is 15.4 Å². The molecule has 0 atom stereocenters. The minimum absolute atomic E-state index is 0.00730. The van der Waals surface area contributed by atoms with Gasteiger partial charge in [0, 0.05) is 10.7 Å². The largest absolute Gasteiger partial charge is 0.494 e. The Bertz CT molecular complexity index is 440. The molecule has 0 aliphatic rings. The van der Waals surface area contributed by atoms with Crippen LogP contribution >= 0.6 is 10.7 Å². The average molecular weight is 291 g/mol. The zero-order valence-electron chi connectivity index (χ0n) is 10.6. The highest BCUT2D eigenvalue weighted by atomic mass is 35.7. The van der Waals surface area contributed by atoms with Gasteiger partial charge in [-0.3, -0.25) is 0 Å². The zero-order chi connectivity index (χ0) is 13.4. The molecule has 0 fully saturated rings. The van der Waals surface area contributed by atoms with Crippen molar-refractivity contribution in [2.45, 2.75) is 32.6 Å². The normalized spacial score (nSPS) is 11.4. The lowest BCUT2D eigenvalue weighted by atomic mass is 10.1. The molecule has 0 heterocycles. The van der Waals surface area contributed by atoms with E-state index in [1.54, 1.807) is 0 Å². The molecule has 5 heteroatoms. The molecule has 0 saturated heterocycles. The summed E-state index contributed by atoms with van der Waals surface area (Å²) >= 11 is 0. The summed E-state index contributed by atoms with van der Waals surface area (Å²) in [6.45, 7) is 2.66. The summed E-state index contributed by atoms with van der Waals surface area (Å²) in [6.07, 6.45) is 3.42. The Morgan fingerprint density at radius 1 is 1.17 bits per heavy atom. The van der Waals surface area contributed by atoms with Crippen molar-refractivity contribution in [3.05, 3.63) is 29.8 Å². The smallest absolute Gasteiger partial charge is 0.232 e. The van der Waals surface area contributed by atoms with E-state index in [0.717, 1.165) is 18.6 Å². The van der Waals surface area contributed by atoms with Gasteiger partial charge < -0.3 is 4.74 Å². The van der Waals surface area contributed by atoms with Gasteiger partial charge in [0.25, 0.3) is 0 Å². The van der Waals surface area contributed by atoms with Crippen LogP contribution in [0.2, 0.25) is 0 Å². The first-order valence-electron chi connectivity index (χ1n) is 6.15. The second kappa shape index (κ2) is 7.64. The zero-order valence-corrected chi connectivity index (χ0v) is 12.1. The van der Waals surface area contributed by atoms with Crippen molar-refractivity contribution in [2.24, 2.45) is 0 Å². The van der Waals surface area contributed by atoms with Gasteiger partial charge in [0.1, 0.15) is 5.75 Å². The molecule has 0 amide bonds. The Morgan fingerprint density at radius 3 is 2.39 bits per heavy atom. The molecule has 102 valence electrons. The highest BCUT2D eigenvalue weighted by molar-refractivity contribution is 8.13. The van der Waals surface area contributed by atoms with Gasteiger partial charge in [0.15, 0.2) is 0 Å². The fraction of sp³-hybridized carbons (Fsp3) is 0.538. The van der Waals surface area contributed by atoms with Gasteiger partial charge >= 0.3 is 0 Å². The first-order valence-corrected chi connectivity index (χ1v) is 8.63. The van der Waals surface area contributed by atoms with Crippen LogP contribution in [-0.2, 0) is 15.5 Å². The van der Waals surface area contributed by atoms with Crippen molar-refractivity contribution in [1.82, 2.24) is 0 Å². The Morgan fingerprint density at radius 2 is 1.83 bits per heavy atom. The molecule has 0 aliphatic carbocycles. The second-order valence-electron chi connectivity index (χ2n) is 4.19. The summed E-state index contributed by atoms with van der Waals surface area (Å²) in [7, 11) is 1.74. The van der Waals surface area contributed by atoms with Gasteiger partial charge in [0.2, 0.25) is 9.05 Å². The van der Waals surface area contributed by atoms with Crippen LogP contribution < -0.4 is 4.74 Å². The lowest BCUT2D eigenvalue weighted by molar-refractivity contribution is 0.309. The van der Waals surface area contributed by atoms with Gasteiger partial charge in [-0.15, -0.1) is 0 Å². The molecule has 0 bridgehead atoms. The number of benzene rings is 1. The second-order valence-corrected chi connectivity index (χ2v) is 7.09. The van der Waals surface area contributed by atoms with Gasteiger partial charge in [-0.25, -0.2) is 8.42 Å². The molecule has 0 radical (unpaired) electrons. The number of ether oxygens (including phenoxy) is 1. The molecule has 0 saturated carbocycles. The summed E-state index contributed by atoms with van der Waals surface area (Å²) < 4.78 is 26.9. The molecule has 1 aromatic rings. The Kier molecular flexibility index (Phi) is 6.50. The molecule has 0 spiro atoms. The third kappa shape index (κ3) is 6.87. The van der Waals surface area contributed by atoms with E-state index in [9.17, 15) is 8.42 Å². The van der Waals surface area contributed by atoms with E-state index >= 15 is 0 Å². The van der Waals surface area contributed by atoms with Gasteiger partial charge in [-0.2, -0.15) is 0 Å². The van der Waals surface area contributed by atoms with Crippen LogP contribution in [0.5, 0.6) is 5.75 Å². The topological polar surface area (TPSA) is 43.4 Å². The lowest BCUT2D eigenvalue weighted by Gasteiger charge is -2.06. The quantitative estimate of drug-likeness (QED) is 0.544. The van der Waals surface area contributed by atoms with Crippen molar-refractivity contribution in [3.63, 3.8) is 0 Å². The first-order chi connectivity index (χ1) is 8.51. The van der Waals surface area contributed by atoms with E-state index in [-0.39, 0.29) is 5.75 Å². The fourth-order valence-electron chi connectivity index (χ4n) is 1.61. The Hall–Kier alpha value is -0.740. The van der Waals surface area contributed by atoms with Crippen LogP contribution in [0.25, 0.3) is 0 Å². The van der Waals surface area contributed by atoms with Crippen LogP contribution in [0.3, 0.4) is 0 Å². The predicted molar refractivity (Wildman–Crippen MR) is 74.8 cm³/mol. The predicted octanol–water partition coefficient (Wildman–Crippen LogP) is 3.37. The number of rotatable bonds is 8. The number of hydrogen-bond acceptors (Lipinski definition) is 3. The van der Waals surface area contributed by atoms with Crippen molar-refractivity contribution < 1.29 is 13.2 Å². The van der Waals surface area contributed by atoms with E-state index in [2.05, 4.69) is 19.1 Å². The molecule has 0 N–H and O–H groups in total. The van der Waals surface area contributed by atoms with Crippen LogP contribution in [-0.4, -0.2) is 20.8 Å². The third-order valence-corrected chi connectivity index (χ3v) is 3.75. The monoisotopic (exact) mass is 290 g/mol. The van der Waals surface area contributed by atoms with E-state index in [0.29, 0.717) is 19.4 Å². The van der Waals surface area contributed by atoms with Crippen molar-refractivity contribution >= 4 is 19.7 Å². The molecule has 1 aromatic carbocycles. The number of halogens is 1. The summed E-state index contributed by atoms with van der Waals surface area (Å²) in [5.74, 6) is 0.830. The van der Waals surface area contributed by atoms with Crippen LogP contribution in [0.15, 0.2) is 24.3 Å². The number of hydrogen-bond donors (Lipinski definition) is 0. The maximum Gasteiger partial charge on any atom is 0.232 e. The van der Waals surface area contributed by atoms with Gasteiger partial charge in [-0.05, 0) is 37.0 Å². The molecular formula is C13H19ClO3S. The summed E-state index contributed by atoms with van der Waals surface area (Å²) in [5, 5.41) is 0. The van der Waals surface area contributed by atoms with E-state index < -0.39 is 9.05 Å². The molecule has 0 aromatic heterocycles. The van der Waals surface area contributed by atoms with Gasteiger partial charge in [-0.1, -0.05) is 25.5 Å². The maximum atomic E-state index is 10.7. The first kappa shape index (κ1) is 15.3. The lowest BCUT2D eigenvalue weighted by Crippen LogP contribution is -2.02. The highest BCUT2D eigenvalue weighted by Crippen LogP contribution is 2.14. The average Bonchev–Trinajstić information content (AvgIpc) is 2.30. The minimum atomic E-state index is -3.36. The van der Waals surface area contributed by atoms with Crippen LogP contribution in [0, 0.1) is 0 Å². The maximum absolute atomic E-state index is 10.7. The minimum Gasteiger partial charge on any atom is -0.494 e. The molecule has 18 heavy (non-hydrogen) atoms. The summed E-state index contributed by atoms with van der Waals surface area (Å²) in [4.78, 5) is 0. The fourth-order valence-corrected chi connectivity index (χ4v) is 2.48. The Balaban J connectivity index is 2.23. The summed E-state index contributed by atoms with van der Waals surface area (Å²) in [6, 6.07) is 8.01. The van der Waals surface area contributed by atoms with Crippen molar-refractivity contribution in [3.8, 4) is 5.75 Å². The number of unbranched alkanes of at least 4 members (excludes halogenated alkanes) is 1. The van der Waals surface area contributed by atoms with Crippen LogP contribution in [0.1, 0.15) is 31.7 Å². The molecule has 0 unspecified atom stereocenters.